The summed E-state index contributed by atoms with van der Waals surface area (Å²) in [4.78, 5) is 13.2. The molecule has 1 N–H and O–H groups in total. The third kappa shape index (κ3) is 3.17. The maximum atomic E-state index is 12.1. The lowest BCUT2D eigenvalue weighted by Gasteiger charge is -2.31. The number of anilines is 2. The molecule has 1 aromatic rings. The van der Waals surface area contributed by atoms with Gasteiger partial charge in [0.1, 0.15) is 5.60 Å². The van der Waals surface area contributed by atoms with Crippen LogP contribution in [0.25, 0.3) is 0 Å². The molecule has 2 rings (SSSR count). The largest absolute Gasteiger partial charge is 0.443 e. The molecular formula is C12H16N2O4S. The molecule has 0 saturated heterocycles. The molecule has 0 unspecified atom stereocenters. The van der Waals surface area contributed by atoms with Crippen LogP contribution >= 0.6 is 0 Å². The van der Waals surface area contributed by atoms with Gasteiger partial charge in [-0.2, -0.15) is 0 Å². The van der Waals surface area contributed by atoms with Crippen molar-refractivity contribution in [2.75, 3.05) is 15.5 Å². The zero-order valence-electron chi connectivity index (χ0n) is 11.0. The Morgan fingerprint density at radius 1 is 1.32 bits per heavy atom. The maximum absolute atomic E-state index is 12.1. The molecule has 0 aliphatic carbocycles. The monoisotopic (exact) mass is 284 g/mol. The van der Waals surface area contributed by atoms with Crippen molar-refractivity contribution in [3.05, 3.63) is 24.3 Å². The molecule has 0 aromatic heterocycles. The quantitative estimate of drug-likeness (QED) is 0.792. The predicted octanol–water partition coefficient (Wildman–Crippen LogP) is 2.14. The third-order valence-electron chi connectivity index (χ3n) is 2.37. The lowest BCUT2D eigenvalue weighted by molar-refractivity contribution is 0.0586. The van der Waals surface area contributed by atoms with E-state index in [1.165, 1.54) is 0 Å². The van der Waals surface area contributed by atoms with E-state index >= 15 is 0 Å². The normalized spacial score (nSPS) is 17.3. The molecule has 7 heteroatoms. The van der Waals surface area contributed by atoms with Gasteiger partial charge in [-0.1, -0.05) is 12.1 Å². The predicted molar refractivity (Wildman–Crippen MR) is 72.6 cm³/mol. The van der Waals surface area contributed by atoms with Gasteiger partial charge in [0.15, 0.2) is 5.88 Å². The molecule has 1 aromatic carbocycles. The van der Waals surface area contributed by atoms with Crippen LogP contribution < -0.4 is 9.62 Å². The van der Waals surface area contributed by atoms with Crippen molar-refractivity contribution in [1.29, 1.82) is 0 Å². The number of rotatable bonds is 0. The van der Waals surface area contributed by atoms with Crippen molar-refractivity contribution in [1.82, 2.24) is 0 Å². The number of amides is 1. The Labute approximate surface area is 112 Å². The van der Waals surface area contributed by atoms with Crippen molar-refractivity contribution < 1.29 is 17.9 Å². The number of nitrogens with zero attached hydrogens (tertiary/aromatic N) is 1. The van der Waals surface area contributed by atoms with E-state index in [9.17, 15) is 13.2 Å². The Balaban J connectivity index is 2.38. The van der Waals surface area contributed by atoms with Crippen LogP contribution in [0.3, 0.4) is 0 Å². The molecule has 1 aliphatic rings. The van der Waals surface area contributed by atoms with Crippen molar-refractivity contribution >= 4 is 27.5 Å². The highest BCUT2D eigenvalue weighted by Crippen LogP contribution is 2.32. The molecule has 1 heterocycles. The van der Waals surface area contributed by atoms with Gasteiger partial charge in [-0.25, -0.2) is 13.2 Å². The topological polar surface area (TPSA) is 75.7 Å². The lowest BCUT2D eigenvalue weighted by Crippen LogP contribution is -2.44. The second-order valence-electron chi connectivity index (χ2n) is 5.27. The third-order valence-corrected chi connectivity index (χ3v) is 3.50. The van der Waals surface area contributed by atoms with Crippen LogP contribution in [-0.2, 0) is 14.8 Å². The highest BCUT2D eigenvalue weighted by Gasteiger charge is 2.33. The van der Waals surface area contributed by atoms with E-state index in [1.54, 1.807) is 45.0 Å². The molecule has 104 valence electrons. The summed E-state index contributed by atoms with van der Waals surface area (Å²) in [5.41, 5.74) is 0.187. The van der Waals surface area contributed by atoms with Gasteiger partial charge in [0.05, 0.1) is 11.4 Å². The van der Waals surface area contributed by atoms with E-state index in [4.69, 9.17) is 4.74 Å². The molecular weight excluding hydrogens is 268 g/mol. The minimum absolute atomic E-state index is 0.375. The second-order valence-corrected chi connectivity index (χ2v) is 6.96. The fourth-order valence-electron chi connectivity index (χ4n) is 1.70. The fraction of sp³-hybridized carbons (Fsp3) is 0.417. The molecule has 6 nitrogen and oxygen atoms in total. The minimum atomic E-state index is -3.57. The van der Waals surface area contributed by atoms with Gasteiger partial charge in [-0.15, -0.1) is 0 Å². The van der Waals surface area contributed by atoms with Crippen molar-refractivity contribution in [2.45, 2.75) is 26.4 Å². The Hall–Kier alpha value is -1.76. The van der Waals surface area contributed by atoms with Gasteiger partial charge in [-0.05, 0) is 32.9 Å². The van der Waals surface area contributed by atoms with E-state index in [1.807, 2.05) is 0 Å². The summed E-state index contributed by atoms with van der Waals surface area (Å²) < 4.78 is 31.1. The van der Waals surface area contributed by atoms with Gasteiger partial charge in [-0.3, -0.25) is 9.62 Å². The van der Waals surface area contributed by atoms with Crippen LogP contribution in [0.4, 0.5) is 16.2 Å². The van der Waals surface area contributed by atoms with E-state index in [-0.39, 0.29) is 0 Å². The molecule has 0 saturated carbocycles. The Kier molecular flexibility index (Phi) is 3.17. The average molecular weight is 284 g/mol. The number of fused-ring (bicyclic) bond motifs is 1. The number of nitrogens with one attached hydrogen (secondary N) is 1. The first-order chi connectivity index (χ1) is 8.68. The van der Waals surface area contributed by atoms with Gasteiger partial charge in [0.2, 0.25) is 0 Å². The summed E-state index contributed by atoms with van der Waals surface area (Å²) in [7, 11) is -3.57. The zero-order chi connectivity index (χ0) is 14.3. The number of hydrogen-bond donors (Lipinski definition) is 1. The first-order valence-electron chi connectivity index (χ1n) is 5.78. The number of ether oxygens (including phenoxy) is 1. The summed E-state index contributed by atoms with van der Waals surface area (Å²) in [6.07, 6.45) is -0.676. The van der Waals surface area contributed by atoms with E-state index in [2.05, 4.69) is 4.72 Å². The number of carbonyl (C=O) groups is 1. The molecule has 0 atom stereocenters. The standard InChI is InChI=1S/C12H16N2O4S/c1-12(2,3)18-11(15)14-8-19(16,17)13-9-6-4-5-7-10(9)14/h4-7,13H,8H2,1-3H3. The zero-order valence-corrected chi connectivity index (χ0v) is 11.8. The first kappa shape index (κ1) is 13.7. The number of benzene rings is 1. The van der Waals surface area contributed by atoms with Crippen LogP contribution in [0.1, 0.15) is 20.8 Å². The van der Waals surface area contributed by atoms with Crippen LogP contribution in [0.15, 0.2) is 24.3 Å². The van der Waals surface area contributed by atoms with E-state index in [0.29, 0.717) is 11.4 Å². The number of carbonyl (C=O) groups excluding carboxylic acids is 1. The molecule has 1 amide bonds. The number of para-hydroxylation sites is 2. The highest BCUT2D eigenvalue weighted by molar-refractivity contribution is 7.92. The van der Waals surface area contributed by atoms with Crippen LogP contribution in [0.2, 0.25) is 0 Å². The SMILES string of the molecule is CC(C)(C)OC(=O)N1CS(=O)(=O)Nc2ccccc21. The van der Waals surface area contributed by atoms with E-state index in [0.717, 1.165) is 4.90 Å². The Bertz CT molecular complexity index is 604. The maximum Gasteiger partial charge on any atom is 0.415 e. The van der Waals surface area contributed by atoms with E-state index < -0.39 is 27.6 Å². The average Bonchev–Trinajstić information content (AvgIpc) is 2.24. The summed E-state index contributed by atoms with van der Waals surface area (Å²) in [6, 6.07) is 6.69. The second kappa shape index (κ2) is 4.41. The Morgan fingerprint density at radius 2 is 1.95 bits per heavy atom. The van der Waals surface area contributed by atoms with Crippen molar-refractivity contribution in [3.63, 3.8) is 0 Å². The van der Waals surface area contributed by atoms with Gasteiger partial charge in [0.25, 0.3) is 10.0 Å². The first-order valence-corrected chi connectivity index (χ1v) is 7.43. The van der Waals surface area contributed by atoms with Crippen LogP contribution in [0, 0.1) is 0 Å². The number of sulfonamides is 1. The van der Waals surface area contributed by atoms with Gasteiger partial charge >= 0.3 is 6.09 Å². The smallest absolute Gasteiger partial charge is 0.415 e. The minimum Gasteiger partial charge on any atom is -0.443 e. The van der Waals surface area contributed by atoms with Gasteiger partial charge in [0, 0.05) is 0 Å². The fourth-order valence-corrected chi connectivity index (χ4v) is 2.86. The molecule has 1 aliphatic heterocycles. The molecule has 0 spiro atoms. The van der Waals surface area contributed by atoms with Crippen molar-refractivity contribution in [3.8, 4) is 0 Å². The highest BCUT2D eigenvalue weighted by atomic mass is 32.2. The molecule has 0 fully saturated rings. The van der Waals surface area contributed by atoms with Crippen molar-refractivity contribution in [2.24, 2.45) is 0 Å². The lowest BCUT2D eigenvalue weighted by atomic mass is 10.2. The number of hydrogen-bond acceptors (Lipinski definition) is 4. The van der Waals surface area contributed by atoms with Gasteiger partial charge < -0.3 is 4.74 Å². The van der Waals surface area contributed by atoms with Crippen LogP contribution in [0.5, 0.6) is 0 Å². The molecule has 0 radical (unpaired) electrons. The summed E-state index contributed by atoms with van der Waals surface area (Å²) in [6.45, 7) is 5.19. The van der Waals surface area contributed by atoms with Crippen LogP contribution in [-0.4, -0.2) is 26.0 Å². The molecule has 0 bridgehead atoms. The Morgan fingerprint density at radius 3 is 2.58 bits per heavy atom. The summed E-state index contributed by atoms with van der Waals surface area (Å²) in [5, 5.41) is 0. The summed E-state index contributed by atoms with van der Waals surface area (Å²) in [5.74, 6) is -0.446. The summed E-state index contributed by atoms with van der Waals surface area (Å²) >= 11 is 0. The molecule has 19 heavy (non-hydrogen) atoms.